The van der Waals surface area contributed by atoms with Crippen molar-refractivity contribution in [3.63, 3.8) is 0 Å². The van der Waals surface area contributed by atoms with E-state index < -0.39 is 5.97 Å². The summed E-state index contributed by atoms with van der Waals surface area (Å²) < 4.78 is 9.47. The number of halogens is 1. The molecule has 0 amide bonds. The second kappa shape index (κ2) is 4.59. The molecule has 1 aromatic carbocycles. The number of aromatic carboxylic acids is 1. The van der Waals surface area contributed by atoms with Gasteiger partial charge in [-0.25, -0.2) is 0 Å². The number of nitrogens with zero attached hydrogens (tertiary/aromatic N) is 2. The molecular weight excluding hydrogens is 383 g/mol. The van der Waals surface area contributed by atoms with E-state index in [1.807, 2.05) is 18.2 Å². The predicted molar refractivity (Wildman–Crippen MR) is 74.5 cm³/mol. The first kappa shape index (κ1) is 12.0. The molecule has 1 N–H and O–H groups in total. The molecule has 90 valence electrons. The fraction of sp³-hybridized carbons (Fsp3) is 0. The molecule has 3 rings (SSSR count). The second-order valence-corrected chi connectivity index (χ2v) is 7.13. The average molecular weight is 388 g/mol. The van der Waals surface area contributed by atoms with E-state index in [9.17, 15) is 9.90 Å². The Kier molecular flexibility index (Phi) is 3.07. The summed E-state index contributed by atoms with van der Waals surface area (Å²) in [5.41, 5.74) is 2.46. The molecule has 0 aliphatic rings. The Labute approximate surface area is 121 Å². The van der Waals surface area contributed by atoms with Crippen molar-refractivity contribution >= 4 is 59.2 Å². The predicted octanol–water partition coefficient (Wildman–Crippen LogP) is 2.88. The summed E-state index contributed by atoms with van der Waals surface area (Å²) in [5.74, 6) is -0.938. The maximum atomic E-state index is 11.3. The van der Waals surface area contributed by atoms with Crippen molar-refractivity contribution in [3.8, 4) is 10.4 Å². The molecule has 18 heavy (non-hydrogen) atoms. The monoisotopic (exact) mass is 388 g/mol. The molecule has 0 fully saturated rings. The van der Waals surface area contributed by atoms with E-state index in [1.165, 1.54) is 11.3 Å². The number of hydrogen-bond donors (Lipinski definition) is 1. The number of thiophene rings is 1. The van der Waals surface area contributed by atoms with E-state index in [2.05, 4.69) is 23.9 Å². The fourth-order valence-corrected chi connectivity index (χ4v) is 4.16. The van der Waals surface area contributed by atoms with Gasteiger partial charge >= 0.3 is 121 Å². The Bertz CT molecular complexity index is 752. The minimum atomic E-state index is -0.938. The summed E-state index contributed by atoms with van der Waals surface area (Å²) >= 11 is 4.74. The third-order valence-corrected chi connectivity index (χ3v) is 5.29. The summed E-state index contributed by atoms with van der Waals surface area (Å²) in [6.07, 6.45) is 0. The first-order valence-corrected chi connectivity index (χ1v) is 8.04. The van der Waals surface area contributed by atoms with Crippen LogP contribution in [-0.4, -0.2) is 34.0 Å². The first-order chi connectivity index (χ1) is 8.65. The number of hydrogen-bond acceptors (Lipinski definition) is 4. The fourth-order valence-electron chi connectivity index (χ4n) is 1.67. The maximum absolute atomic E-state index is 11.3. The van der Waals surface area contributed by atoms with Crippen LogP contribution in [0.25, 0.3) is 21.5 Å². The van der Waals surface area contributed by atoms with Crippen LogP contribution < -0.4 is 0 Å². The van der Waals surface area contributed by atoms with Crippen LogP contribution in [0.3, 0.4) is 0 Å². The van der Waals surface area contributed by atoms with Crippen LogP contribution in [0.1, 0.15) is 10.4 Å². The molecular formula is C11H5BrN2O2SSe. The van der Waals surface area contributed by atoms with Gasteiger partial charge in [-0.3, -0.25) is 0 Å². The van der Waals surface area contributed by atoms with Gasteiger partial charge in [-0.2, -0.15) is 0 Å². The molecule has 2 heterocycles. The molecule has 0 aliphatic carbocycles. The zero-order valence-electron chi connectivity index (χ0n) is 8.75. The van der Waals surface area contributed by atoms with Gasteiger partial charge in [0.1, 0.15) is 0 Å². The number of carboxylic acids is 1. The van der Waals surface area contributed by atoms with Crippen molar-refractivity contribution in [2.45, 2.75) is 0 Å². The zero-order chi connectivity index (χ0) is 12.7. The molecule has 3 aromatic rings. The summed E-state index contributed by atoms with van der Waals surface area (Å²) in [6.45, 7) is 0. The van der Waals surface area contributed by atoms with E-state index in [4.69, 9.17) is 0 Å². The van der Waals surface area contributed by atoms with Crippen LogP contribution in [0.4, 0.5) is 0 Å². The Morgan fingerprint density at radius 3 is 2.61 bits per heavy atom. The quantitative estimate of drug-likeness (QED) is 0.686. The van der Waals surface area contributed by atoms with Gasteiger partial charge in [-0.1, -0.05) is 0 Å². The van der Waals surface area contributed by atoms with Crippen LogP contribution in [-0.2, 0) is 0 Å². The van der Waals surface area contributed by atoms with E-state index >= 15 is 0 Å². The van der Waals surface area contributed by atoms with Gasteiger partial charge in [-0.15, -0.1) is 0 Å². The topological polar surface area (TPSA) is 63.1 Å². The van der Waals surface area contributed by atoms with Crippen LogP contribution in [0, 0.1) is 0 Å². The van der Waals surface area contributed by atoms with Gasteiger partial charge in [0.15, 0.2) is 0 Å². The summed E-state index contributed by atoms with van der Waals surface area (Å²) in [7, 11) is 0. The third kappa shape index (κ3) is 2.03. The van der Waals surface area contributed by atoms with Crippen molar-refractivity contribution in [1.29, 1.82) is 0 Å². The molecule has 0 saturated heterocycles. The second-order valence-electron chi connectivity index (χ2n) is 3.56. The van der Waals surface area contributed by atoms with Crippen molar-refractivity contribution in [2.75, 3.05) is 0 Å². The van der Waals surface area contributed by atoms with Crippen LogP contribution in [0.5, 0.6) is 0 Å². The van der Waals surface area contributed by atoms with Crippen molar-refractivity contribution in [3.05, 3.63) is 33.6 Å². The number of aromatic nitrogens is 2. The van der Waals surface area contributed by atoms with Crippen molar-refractivity contribution < 1.29 is 9.90 Å². The van der Waals surface area contributed by atoms with E-state index in [0.717, 1.165) is 14.2 Å². The minimum absolute atomic E-state index is 0.146. The SMILES string of the molecule is O=C(O)c1cc2n[se]nc2cc1-c1ccc(Br)s1. The van der Waals surface area contributed by atoms with E-state index in [1.54, 1.807) is 6.07 Å². The molecule has 4 nitrogen and oxygen atoms in total. The molecule has 0 saturated carbocycles. The number of fused-ring (bicyclic) bond motifs is 1. The number of carboxylic acid groups (broad SMARTS) is 1. The Hall–Kier alpha value is -1.01. The van der Waals surface area contributed by atoms with Crippen LogP contribution in [0.15, 0.2) is 28.1 Å². The van der Waals surface area contributed by atoms with Gasteiger partial charge in [0.25, 0.3) is 0 Å². The summed E-state index contributed by atoms with van der Waals surface area (Å²) in [6, 6.07) is 7.23. The molecule has 7 heteroatoms. The van der Waals surface area contributed by atoms with E-state index in [-0.39, 0.29) is 20.5 Å². The van der Waals surface area contributed by atoms with Gasteiger partial charge in [0.05, 0.1) is 0 Å². The molecule has 0 spiro atoms. The zero-order valence-corrected chi connectivity index (χ0v) is 12.9. The third-order valence-electron chi connectivity index (χ3n) is 2.46. The van der Waals surface area contributed by atoms with Crippen LogP contribution in [0.2, 0.25) is 0 Å². The van der Waals surface area contributed by atoms with Crippen molar-refractivity contribution in [2.24, 2.45) is 0 Å². The van der Waals surface area contributed by atoms with Gasteiger partial charge in [0, 0.05) is 0 Å². The van der Waals surface area contributed by atoms with E-state index in [0.29, 0.717) is 11.1 Å². The Morgan fingerprint density at radius 1 is 1.28 bits per heavy atom. The van der Waals surface area contributed by atoms with Gasteiger partial charge in [-0.05, 0) is 0 Å². The van der Waals surface area contributed by atoms with Gasteiger partial charge < -0.3 is 0 Å². The van der Waals surface area contributed by atoms with Gasteiger partial charge in [0.2, 0.25) is 0 Å². The molecule has 0 atom stereocenters. The average Bonchev–Trinajstić information content (AvgIpc) is 2.94. The van der Waals surface area contributed by atoms with Crippen molar-refractivity contribution in [1.82, 2.24) is 7.96 Å². The van der Waals surface area contributed by atoms with Crippen LogP contribution >= 0.6 is 27.3 Å². The Morgan fingerprint density at radius 2 is 2.00 bits per heavy atom. The standard InChI is InChI=1S/C11H5BrN2O2SSe/c12-10-2-1-9(17-10)5-3-7-8(14-18-13-7)4-6(5)11(15)16/h1-4H,(H,15,16). The molecule has 0 radical (unpaired) electrons. The number of benzene rings is 1. The summed E-state index contributed by atoms with van der Waals surface area (Å²) in [4.78, 5) is 12.2. The first-order valence-electron chi connectivity index (χ1n) is 4.90. The molecule has 2 aromatic heterocycles. The number of carbonyl (C=O) groups is 1. The molecule has 0 aliphatic heterocycles. The normalized spacial score (nSPS) is 10.9. The molecule has 0 bridgehead atoms. The Balaban J connectivity index is 2.31. The number of rotatable bonds is 2. The molecule has 0 unspecified atom stereocenters. The summed E-state index contributed by atoms with van der Waals surface area (Å²) in [5, 5.41) is 9.29.